The lowest BCUT2D eigenvalue weighted by Crippen LogP contribution is -2.59. The first-order valence-electron chi connectivity index (χ1n) is 37.9. The average molecular weight is 1600 g/mol. The second kappa shape index (κ2) is 46.5. The fourth-order valence-electron chi connectivity index (χ4n) is 12.0. The van der Waals surface area contributed by atoms with Gasteiger partial charge >= 0.3 is 12.1 Å². The van der Waals surface area contributed by atoms with E-state index in [2.05, 4.69) is 38.5 Å². The number of ketones is 2. The molecule has 3 aromatic rings. The number of alkyl carbamates (subject to hydrolysis) is 1. The molecule has 110 heavy (non-hydrogen) atoms. The van der Waals surface area contributed by atoms with Crippen LogP contribution in [0.2, 0.25) is 0 Å². The summed E-state index contributed by atoms with van der Waals surface area (Å²) < 4.78 is 10.9. The zero-order chi connectivity index (χ0) is 82.3. The number of amides is 9. The van der Waals surface area contributed by atoms with E-state index in [1.807, 2.05) is 69.2 Å². The van der Waals surface area contributed by atoms with Gasteiger partial charge in [-0.3, -0.25) is 58.1 Å². The number of carbonyl (C=O) groups excluding carboxylic acids is 12. The summed E-state index contributed by atoms with van der Waals surface area (Å²) in [5.74, 6) is -9.71. The maximum absolute atomic E-state index is 15.5. The van der Waals surface area contributed by atoms with E-state index >= 15 is 19.2 Å². The number of hydrogen-bond donors (Lipinski definition) is 7. The van der Waals surface area contributed by atoms with Gasteiger partial charge in [-0.25, -0.2) is 4.79 Å². The third-order valence-electron chi connectivity index (χ3n) is 18.5. The number of Topliss-reactive ketones (excluding diaryl/α,β-unsaturated/α-hetero) is 2. The van der Waals surface area contributed by atoms with Crippen LogP contribution >= 0.6 is 43.2 Å². The smallest absolute Gasteiger partial charge is 0.408 e. The van der Waals surface area contributed by atoms with Gasteiger partial charge in [0.05, 0.1) is 23.9 Å². The molecule has 1 fully saturated rings. The lowest BCUT2D eigenvalue weighted by molar-refractivity contribution is -0.157. The van der Waals surface area contributed by atoms with Gasteiger partial charge in [-0.15, -0.1) is 0 Å². The van der Waals surface area contributed by atoms with Crippen LogP contribution in [-0.2, 0) is 81.5 Å². The fraction of sp³-hybridized carbons (Fsp3) is 0.605. The zero-order valence-electron chi connectivity index (χ0n) is 67.6. The summed E-state index contributed by atoms with van der Waals surface area (Å²) in [5.41, 5.74) is 1.95. The summed E-state index contributed by atoms with van der Waals surface area (Å²) >= 11 is 0. The van der Waals surface area contributed by atoms with Crippen molar-refractivity contribution in [1.29, 1.82) is 0 Å². The van der Waals surface area contributed by atoms with Crippen molar-refractivity contribution in [3.05, 3.63) is 120 Å². The fourth-order valence-corrected chi connectivity index (χ4v) is 16.9. The van der Waals surface area contributed by atoms with Crippen molar-refractivity contribution in [3.63, 3.8) is 0 Å². The number of carbonyl (C=O) groups is 12. The number of benzene rings is 3. The molecule has 25 nitrogen and oxygen atoms in total. The second-order valence-corrected chi connectivity index (χ2v) is 37.6. The predicted octanol–water partition coefficient (Wildman–Crippen LogP) is 8.93. The summed E-state index contributed by atoms with van der Waals surface area (Å²) in [5, 5.41) is 29.1. The molecule has 0 spiro atoms. The van der Waals surface area contributed by atoms with Crippen LogP contribution in [0.4, 0.5) is 4.79 Å². The van der Waals surface area contributed by atoms with Crippen molar-refractivity contribution in [2.75, 3.05) is 52.8 Å². The number of unbranched alkanes of at least 4 members (excludes halogenated alkanes) is 1. The maximum atomic E-state index is 15.5. The number of hydrogen-bond acceptors (Lipinski definition) is 20. The first-order chi connectivity index (χ1) is 51.6. The highest BCUT2D eigenvalue weighted by molar-refractivity contribution is 8.77. The molecule has 1 heterocycles. The number of aliphatic hydroxyl groups is 1. The standard InChI is InChI=1S/C81H122N10O15S4/c1-20-40-105-79(104)87-63(48-107-109-80(10,11)12)72(97)82-39-31-30-38-59-47-66(92)60(44-56-32-24-21-25-33-56)84-73(98)68(49-108-110-81(13,14)15)106-78(103)62(45-57-34-26-22-27-35-57)86-69(94)53(7)83-70(95)54(8)88(16)77(102)65(46-58-36-28-23-29-37-58)91(19)74(99)52(6)43-67(93)64(42-51(4)5)90(18)75(100)55(9)89(17)76(101)61(41-50(2)3)85-71(59)96/h20-29,32-37,50-55,59-65,68-69,86,94H,1,30-31,38-49H2,2-19H3,(H,82,97)(H,83,95)(H,84,98)(H,85,96)(H,87,104)/t52-,53+,54+,55+,59-,60+,61+,62+,63+,64+,65+,68?,69?/m1/s1. The van der Waals surface area contributed by atoms with Crippen molar-refractivity contribution in [3.8, 4) is 0 Å². The Kier molecular flexibility index (Phi) is 40.2. The Hall–Kier alpha value is -7.44. The number of aliphatic hydroxyl groups excluding tert-OH is 1. The van der Waals surface area contributed by atoms with E-state index in [4.69, 9.17) is 9.47 Å². The quantitative estimate of drug-likeness (QED) is 0.0180. The highest BCUT2D eigenvalue weighted by Crippen LogP contribution is 2.37. The average Bonchev–Trinajstić information content (AvgIpc) is 0.830. The third kappa shape index (κ3) is 32.7. The minimum absolute atomic E-state index is 0.0151. The SMILES string of the molecule is C=CCOC(=O)N[C@@H](CSSC(C)(C)C)C(=O)NCCCC[C@@H]1CC(=O)[C@H](Cc2ccccc2)NC(=O)C(CSSC(C)(C)C)OC(=O)[C@H](Cc2ccccc2)NC(O)[C@H](C)NC(=O)[C@H](C)N(C)C(=O)[C@H](Cc2ccccc2)N(C)C(=O)[C@H](C)CC(=O)[C@H](CC(C)C)N(C)C(=O)[C@H](C)N(C)C(=O)[C@H](CC(C)C)NC1=O. The topological polar surface area (TPSA) is 329 Å². The zero-order valence-corrected chi connectivity index (χ0v) is 70.9. The molecule has 3 aromatic carbocycles. The molecule has 1 aliphatic heterocycles. The Balaban J connectivity index is 1.91. The molecule has 13 atom stereocenters. The number of rotatable bonds is 25. The first kappa shape index (κ1) is 94.9. The van der Waals surface area contributed by atoms with E-state index in [0.29, 0.717) is 16.7 Å². The van der Waals surface area contributed by atoms with Gasteiger partial charge in [0.1, 0.15) is 49.1 Å². The van der Waals surface area contributed by atoms with Gasteiger partial charge in [0.2, 0.25) is 41.4 Å². The third-order valence-corrected chi connectivity index (χ3v) is 25.2. The Bertz CT molecular complexity index is 3510. The Morgan fingerprint density at radius 3 is 1.66 bits per heavy atom. The van der Waals surface area contributed by atoms with Crippen LogP contribution in [-0.4, -0.2) is 225 Å². The second-order valence-electron chi connectivity index (χ2n) is 31.3. The van der Waals surface area contributed by atoms with Crippen molar-refractivity contribution in [2.45, 2.75) is 237 Å². The Morgan fingerprint density at radius 1 is 0.600 bits per heavy atom. The molecule has 0 radical (unpaired) electrons. The first-order valence-corrected chi connectivity index (χ1v) is 42.5. The summed E-state index contributed by atoms with van der Waals surface area (Å²) in [4.78, 5) is 181. The molecule has 29 heteroatoms. The molecule has 1 aliphatic rings. The van der Waals surface area contributed by atoms with E-state index in [1.54, 1.807) is 97.9 Å². The largest absolute Gasteiger partial charge is 0.450 e. The minimum Gasteiger partial charge on any atom is -0.450 e. The highest BCUT2D eigenvalue weighted by Gasteiger charge is 2.41. The molecule has 0 bridgehead atoms. The van der Waals surface area contributed by atoms with Crippen molar-refractivity contribution in [2.24, 2.45) is 23.7 Å². The van der Waals surface area contributed by atoms with Crippen LogP contribution in [0.5, 0.6) is 0 Å². The van der Waals surface area contributed by atoms with Crippen molar-refractivity contribution < 1.29 is 72.1 Å². The predicted molar refractivity (Wildman–Crippen MR) is 438 cm³/mol. The van der Waals surface area contributed by atoms with Crippen LogP contribution in [0.3, 0.4) is 0 Å². The van der Waals surface area contributed by atoms with Gasteiger partial charge < -0.3 is 60.8 Å². The summed E-state index contributed by atoms with van der Waals surface area (Å²) in [7, 11) is 11.4. The number of nitrogens with zero attached hydrogens (tertiary/aromatic N) is 4. The maximum Gasteiger partial charge on any atom is 0.408 e. The van der Waals surface area contributed by atoms with Gasteiger partial charge in [0, 0.05) is 81.1 Å². The molecular weight excluding hydrogens is 1480 g/mol. The molecular formula is C81H122N10O15S4. The number of likely N-dealkylation sites (N-methyl/N-ethyl adjacent to an activating group) is 4. The van der Waals surface area contributed by atoms with E-state index in [0.717, 1.165) is 0 Å². The summed E-state index contributed by atoms with van der Waals surface area (Å²) in [6, 6.07) is 15.8. The molecule has 2 unspecified atom stereocenters. The van der Waals surface area contributed by atoms with Crippen LogP contribution in [0, 0.1) is 23.7 Å². The molecule has 4 rings (SSSR count). The normalized spacial score (nSPS) is 24.2. The van der Waals surface area contributed by atoms with Gasteiger partial charge in [-0.05, 0) is 87.8 Å². The van der Waals surface area contributed by atoms with Crippen LogP contribution in [0.25, 0.3) is 0 Å². The summed E-state index contributed by atoms with van der Waals surface area (Å²) in [6.07, 6.45) is -2.85. The molecule has 0 saturated carbocycles. The molecule has 0 aliphatic carbocycles. The lowest BCUT2D eigenvalue weighted by atomic mass is 9.90. The molecule has 9 amide bonds. The van der Waals surface area contributed by atoms with E-state index in [9.17, 15) is 43.5 Å². The van der Waals surface area contributed by atoms with Crippen molar-refractivity contribution >= 4 is 114 Å². The van der Waals surface area contributed by atoms with Gasteiger partial charge in [0.25, 0.3) is 5.91 Å². The van der Waals surface area contributed by atoms with Gasteiger partial charge in [-0.1, -0.05) is 229 Å². The monoisotopic (exact) mass is 1600 g/mol. The molecule has 1 saturated heterocycles. The number of ether oxygens (including phenoxy) is 2. The van der Waals surface area contributed by atoms with Crippen molar-refractivity contribution in [1.82, 2.24) is 51.5 Å². The minimum atomic E-state index is -1.66. The van der Waals surface area contributed by atoms with E-state index in [1.165, 1.54) is 118 Å². The molecule has 7 N–H and O–H groups in total. The van der Waals surface area contributed by atoms with E-state index in [-0.39, 0.29) is 104 Å². The van der Waals surface area contributed by atoms with Crippen LogP contribution in [0.1, 0.15) is 159 Å². The highest BCUT2D eigenvalue weighted by atomic mass is 33.1. The van der Waals surface area contributed by atoms with Crippen LogP contribution < -0.4 is 31.9 Å². The molecule has 0 aromatic heterocycles. The Morgan fingerprint density at radius 2 is 1.12 bits per heavy atom. The number of nitrogens with one attached hydrogen (secondary N) is 6. The summed E-state index contributed by atoms with van der Waals surface area (Å²) in [6.45, 7) is 29.1. The number of esters is 1. The van der Waals surface area contributed by atoms with E-state index < -0.39 is 156 Å². The lowest BCUT2D eigenvalue weighted by Gasteiger charge is -2.36. The Labute approximate surface area is 667 Å². The van der Waals surface area contributed by atoms with Gasteiger partial charge in [-0.2, -0.15) is 0 Å². The number of cyclic esters (lactones) is 1. The van der Waals surface area contributed by atoms with Crippen LogP contribution in [0.15, 0.2) is 104 Å². The van der Waals surface area contributed by atoms with Gasteiger partial charge in [0.15, 0.2) is 17.7 Å². The molecule has 610 valence electrons.